The highest BCUT2D eigenvalue weighted by Crippen LogP contribution is 2.28. The van der Waals surface area contributed by atoms with Crippen molar-refractivity contribution in [3.63, 3.8) is 0 Å². The van der Waals surface area contributed by atoms with Crippen LogP contribution >= 0.6 is 0 Å². The number of benzene rings is 2. The van der Waals surface area contributed by atoms with Gasteiger partial charge in [-0.05, 0) is 24.3 Å². The lowest BCUT2D eigenvalue weighted by atomic mass is 10.2. The van der Waals surface area contributed by atoms with Gasteiger partial charge in [-0.3, -0.25) is 10.0 Å². The van der Waals surface area contributed by atoms with E-state index in [-0.39, 0.29) is 5.92 Å². The van der Waals surface area contributed by atoms with Crippen LogP contribution in [0.2, 0.25) is 0 Å². The maximum atomic E-state index is 11.1. The minimum Gasteiger partial charge on any atom is -0.303 e. The third-order valence-corrected chi connectivity index (χ3v) is 3.41. The molecule has 0 spiro atoms. The first-order valence-electron chi connectivity index (χ1n) is 6.49. The summed E-state index contributed by atoms with van der Waals surface area (Å²) in [5.41, 5.74) is 2.24. The molecule has 0 bridgehead atoms. The molecule has 0 aliphatic carbocycles. The average molecular weight is 252 g/mol. The highest BCUT2D eigenvalue weighted by atomic mass is 16.1. The number of hydrazine groups is 1. The molecule has 0 saturated carbocycles. The fourth-order valence-corrected chi connectivity index (χ4v) is 2.47. The third kappa shape index (κ3) is 2.32. The number of rotatable bonds is 3. The van der Waals surface area contributed by atoms with Crippen molar-refractivity contribution in [2.75, 3.05) is 23.1 Å². The summed E-state index contributed by atoms with van der Waals surface area (Å²) in [6.07, 6.45) is 1.05. The van der Waals surface area contributed by atoms with Crippen molar-refractivity contribution in [3.05, 3.63) is 60.7 Å². The summed E-state index contributed by atoms with van der Waals surface area (Å²) >= 11 is 0. The normalized spacial score (nSPS) is 15.8. The van der Waals surface area contributed by atoms with Gasteiger partial charge in [0.15, 0.2) is 0 Å². The second-order valence-corrected chi connectivity index (χ2v) is 4.73. The van der Waals surface area contributed by atoms with E-state index >= 15 is 0 Å². The van der Waals surface area contributed by atoms with Crippen molar-refractivity contribution < 1.29 is 4.79 Å². The van der Waals surface area contributed by atoms with E-state index in [4.69, 9.17) is 0 Å². The van der Waals surface area contributed by atoms with Gasteiger partial charge in [-0.25, -0.2) is 0 Å². The lowest BCUT2D eigenvalue weighted by Crippen LogP contribution is -2.36. The molecule has 19 heavy (non-hydrogen) atoms. The summed E-state index contributed by atoms with van der Waals surface area (Å²) < 4.78 is 0. The van der Waals surface area contributed by atoms with Gasteiger partial charge in [0.05, 0.1) is 30.4 Å². The molecule has 96 valence electrons. The minimum atomic E-state index is 0.0559. The van der Waals surface area contributed by atoms with Crippen molar-refractivity contribution in [3.8, 4) is 0 Å². The number of aldehydes is 1. The number of nitrogens with zero attached hydrogens (tertiary/aromatic N) is 2. The van der Waals surface area contributed by atoms with Gasteiger partial charge in [0.25, 0.3) is 0 Å². The number of anilines is 2. The molecule has 0 atom stereocenters. The molecule has 0 amide bonds. The van der Waals surface area contributed by atoms with Crippen LogP contribution in [-0.4, -0.2) is 19.4 Å². The second-order valence-electron chi connectivity index (χ2n) is 4.73. The first kappa shape index (κ1) is 11.8. The van der Waals surface area contributed by atoms with Crippen LogP contribution in [0.25, 0.3) is 0 Å². The molecule has 1 saturated heterocycles. The number of hydrogen-bond donors (Lipinski definition) is 0. The van der Waals surface area contributed by atoms with Gasteiger partial charge in [0.2, 0.25) is 0 Å². The summed E-state index contributed by atoms with van der Waals surface area (Å²) in [4.78, 5) is 11.1. The molecule has 1 aliphatic heterocycles. The molecule has 0 unspecified atom stereocenters. The zero-order valence-corrected chi connectivity index (χ0v) is 10.6. The van der Waals surface area contributed by atoms with Crippen LogP contribution in [-0.2, 0) is 4.79 Å². The average Bonchev–Trinajstić information content (AvgIpc) is 2.93. The van der Waals surface area contributed by atoms with Gasteiger partial charge in [-0.1, -0.05) is 36.4 Å². The van der Waals surface area contributed by atoms with Crippen LogP contribution < -0.4 is 10.0 Å². The molecule has 1 fully saturated rings. The van der Waals surface area contributed by atoms with Crippen molar-refractivity contribution in [1.29, 1.82) is 0 Å². The fourth-order valence-electron chi connectivity index (χ4n) is 2.47. The lowest BCUT2D eigenvalue weighted by molar-refractivity contribution is -0.110. The van der Waals surface area contributed by atoms with Crippen molar-refractivity contribution in [2.24, 2.45) is 5.92 Å². The largest absolute Gasteiger partial charge is 0.303 e. The van der Waals surface area contributed by atoms with Gasteiger partial charge < -0.3 is 4.79 Å². The minimum absolute atomic E-state index is 0.0559. The Bertz CT molecular complexity index is 494. The predicted molar refractivity (Wildman–Crippen MR) is 77.1 cm³/mol. The van der Waals surface area contributed by atoms with Crippen LogP contribution in [0.1, 0.15) is 0 Å². The molecule has 3 heteroatoms. The topological polar surface area (TPSA) is 23.6 Å². The monoisotopic (exact) mass is 252 g/mol. The van der Waals surface area contributed by atoms with Crippen LogP contribution in [0.15, 0.2) is 60.7 Å². The third-order valence-electron chi connectivity index (χ3n) is 3.41. The van der Waals surface area contributed by atoms with E-state index in [9.17, 15) is 4.79 Å². The van der Waals surface area contributed by atoms with E-state index in [0.717, 1.165) is 30.8 Å². The van der Waals surface area contributed by atoms with Crippen LogP contribution in [0.4, 0.5) is 11.4 Å². The summed E-state index contributed by atoms with van der Waals surface area (Å²) in [6, 6.07) is 20.4. The van der Waals surface area contributed by atoms with E-state index in [1.165, 1.54) is 0 Å². The first-order chi connectivity index (χ1) is 9.38. The Hall–Kier alpha value is -2.29. The Morgan fingerprint density at radius 3 is 1.58 bits per heavy atom. The van der Waals surface area contributed by atoms with Gasteiger partial charge in [0, 0.05) is 0 Å². The van der Waals surface area contributed by atoms with E-state index in [0.29, 0.717) is 0 Å². The molecule has 0 radical (unpaired) electrons. The molecule has 1 aliphatic rings. The van der Waals surface area contributed by atoms with E-state index in [1.807, 2.05) is 36.4 Å². The summed E-state index contributed by atoms with van der Waals surface area (Å²) in [6.45, 7) is 1.48. The lowest BCUT2D eigenvalue weighted by Gasteiger charge is -2.31. The second kappa shape index (κ2) is 5.14. The Morgan fingerprint density at radius 2 is 1.21 bits per heavy atom. The van der Waals surface area contributed by atoms with Gasteiger partial charge in [0.1, 0.15) is 6.29 Å². The maximum absolute atomic E-state index is 11.1. The number of para-hydroxylation sites is 2. The predicted octanol–water partition coefficient (Wildman–Crippen LogP) is 2.74. The first-order valence-corrected chi connectivity index (χ1v) is 6.49. The van der Waals surface area contributed by atoms with Crippen LogP contribution in [0.5, 0.6) is 0 Å². The molecule has 0 N–H and O–H groups in total. The SMILES string of the molecule is O=CC1CN(c2ccccc2)N(c2ccccc2)C1. The zero-order valence-electron chi connectivity index (χ0n) is 10.6. The standard InChI is InChI=1S/C16H16N2O/c19-13-14-11-17(15-7-3-1-4-8-15)18(12-14)16-9-5-2-6-10-16/h1-10,13-14H,11-12H2. The van der Waals surface area contributed by atoms with Gasteiger partial charge >= 0.3 is 0 Å². The molecule has 3 nitrogen and oxygen atoms in total. The summed E-state index contributed by atoms with van der Waals surface area (Å²) in [5, 5.41) is 4.35. The summed E-state index contributed by atoms with van der Waals surface area (Å²) in [7, 11) is 0. The number of carbonyl (C=O) groups excluding carboxylic acids is 1. The quantitative estimate of drug-likeness (QED) is 0.785. The Labute approximate surface area is 113 Å². The molecular weight excluding hydrogens is 236 g/mol. The van der Waals surface area contributed by atoms with Crippen molar-refractivity contribution in [2.45, 2.75) is 0 Å². The summed E-state index contributed by atoms with van der Waals surface area (Å²) in [5.74, 6) is 0.0559. The molecule has 1 heterocycles. The molecule has 0 aromatic heterocycles. The molecular formula is C16H16N2O. The fraction of sp³-hybridized carbons (Fsp3) is 0.188. The molecule has 2 aromatic carbocycles. The number of carbonyl (C=O) groups is 1. The van der Waals surface area contributed by atoms with E-state index < -0.39 is 0 Å². The Kier molecular flexibility index (Phi) is 3.19. The highest BCUT2D eigenvalue weighted by Gasteiger charge is 2.30. The highest BCUT2D eigenvalue weighted by molar-refractivity contribution is 5.65. The van der Waals surface area contributed by atoms with Crippen LogP contribution in [0, 0.1) is 5.92 Å². The van der Waals surface area contributed by atoms with Gasteiger partial charge in [-0.15, -0.1) is 0 Å². The van der Waals surface area contributed by atoms with Crippen molar-refractivity contribution >= 4 is 17.7 Å². The van der Waals surface area contributed by atoms with Gasteiger partial charge in [-0.2, -0.15) is 0 Å². The molecule has 2 aromatic rings. The number of hydrogen-bond acceptors (Lipinski definition) is 3. The van der Waals surface area contributed by atoms with E-state index in [2.05, 4.69) is 34.3 Å². The van der Waals surface area contributed by atoms with E-state index in [1.54, 1.807) is 0 Å². The van der Waals surface area contributed by atoms with Crippen molar-refractivity contribution in [1.82, 2.24) is 0 Å². The maximum Gasteiger partial charge on any atom is 0.126 e. The molecule has 3 rings (SSSR count). The van der Waals surface area contributed by atoms with Crippen LogP contribution in [0.3, 0.4) is 0 Å². The Balaban J connectivity index is 1.94. The smallest absolute Gasteiger partial charge is 0.126 e. The zero-order chi connectivity index (χ0) is 13.1. The Morgan fingerprint density at radius 1 is 0.789 bits per heavy atom.